The molecule has 4 aromatic rings. The van der Waals surface area contributed by atoms with Crippen molar-refractivity contribution in [3.05, 3.63) is 88.8 Å². The van der Waals surface area contributed by atoms with Gasteiger partial charge in [-0.05, 0) is 64.9 Å². The Hall–Kier alpha value is -2.59. The number of nitrogens with zero attached hydrogens (tertiary/aromatic N) is 1. The van der Waals surface area contributed by atoms with E-state index >= 15 is 0 Å². The number of pyridine rings is 1. The zero-order chi connectivity index (χ0) is 29.1. The number of aromatic nitrogens is 1. The van der Waals surface area contributed by atoms with Crippen LogP contribution in [-0.4, -0.2) is 15.9 Å². The second kappa shape index (κ2) is 13.9. The number of hydrogen-bond acceptors (Lipinski definition) is 4. The summed E-state index contributed by atoms with van der Waals surface area (Å²) < 4.78 is 1.23. The molecule has 0 aliphatic carbocycles. The fourth-order valence-electron chi connectivity index (χ4n) is 4.30. The molecule has 2 heterocycles. The number of thiophene rings is 1. The molecule has 215 valence electrons. The normalized spacial score (nSPS) is 11.8. The number of aryl methyl sites for hydroxylation is 1. The summed E-state index contributed by atoms with van der Waals surface area (Å²) in [4.78, 5) is 16.1. The van der Waals surface area contributed by atoms with Crippen LogP contribution in [0.4, 0.5) is 0 Å². The van der Waals surface area contributed by atoms with Gasteiger partial charge in [0.05, 0.1) is 10.5 Å². The molecule has 0 unspecified atom stereocenters. The zero-order valence-corrected chi connectivity index (χ0v) is 28.6. The Kier molecular flexibility index (Phi) is 11.6. The summed E-state index contributed by atoms with van der Waals surface area (Å²) in [6, 6.07) is 19.6. The Labute approximate surface area is 258 Å². The standard InChI is InChI=1S/C30H34NS.C5H8O2.Ir/c1-18(2)21-11-22(19(3)4)13-24(12-21)28-16-25-15-27(31-17-29(25)32-28)23-9-20(5)10-26(14-23)30(6,7)8;1-4(6)3-5(2)7;/h10-19H,1-8H3;3,6H,1-2H3;/q-1;;/b;4-3-;. The number of benzene rings is 2. The number of fused-ring (bicyclic) bond motifs is 1. The predicted molar refractivity (Wildman–Crippen MR) is 168 cm³/mol. The van der Waals surface area contributed by atoms with Crippen LogP contribution >= 0.6 is 11.3 Å². The molecule has 2 aromatic heterocycles. The average molecular weight is 733 g/mol. The van der Waals surface area contributed by atoms with Crippen LogP contribution in [0, 0.1) is 13.0 Å². The van der Waals surface area contributed by atoms with Crippen molar-refractivity contribution in [3.63, 3.8) is 0 Å². The van der Waals surface area contributed by atoms with Gasteiger partial charge in [-0.15, -0.1) is 46.2 Å². The number of ketones is 1. The fourth-order valence-corrected chi connectivity index (χ4v) is 5.30. The second-order valence-corrected chi connectivity index (χ2v) is 13.1. The van der Waals surface area contributed by atoms with Gasteiger partial charge in [0.15, 0.2) is 5.78 Å². The molecule has 3 nitrogen and oxygen atoms in total. The third-order valence-corrected chi connectivity index (χ3v) is 7.69. The van der Waals surface area contributed by atoms with Gasteiger partial charge in [-0.1, -0.05) is 79.7 Å². The number of carbonyl (C=O) groups is 1. The van der Waals surface area contributed by atoms with Gasteiger partial charge in [0, 0.05) is 37.3 Å². The van der Waals surface area contributed by atoms with E-state index in [1.54, 1.807) is 0 Å². The number of hydrogen-bond donors (Lipinski definition) is 1. The van der Waals surface area contributed by atoms with Crippen LogP contribution < -0.4 is 0 Å². The Balaban J connectivity index is 0.000000623. The number of aliphatic hydroxyl groups is 1. The molecule has 4 rings (SSSR count). The summed E-state index contributed by atoms with van der Waals surface area (Å²) in [5.41, 5.74) is 8.79. The molecule has 40 heavy (non-hydrogen) atoms. The predicted octanol–water partition coefficient (Wildman–Crippen LogP) is 10.3. The van der Waals surface area contributed by atoms with Crippen molar-refractivity contribution in [1.82, 2.24) is 4.98 Å². The van der Waals surface area contributed by atoms with Crippen LogP contribution in [0.2, 0.25) is 0 Å². The van der Waals surface area contributed by atoms with Gasteiger partial charge in [-0.25, -0.2) is 0 Å². The largest absolute Gasteiger partial charge is 0.512 e. The van der Waals surface area contributed by atoms with Crippen molar-refractivity contribution in [2.45, 2.75) is 86.5 Å². The minimum Gasteiger partial charge on any atom is -0.512 e. The molecular weight excluding hydrogens is 691 g/mol. The minimum absolute atomic E-state index is 0. The van der Waals surface area contributed by atoms with Gasteiger partial charge in [0.2, 0.25) is 0 Å². The van der Waals surface area contributed by atoms with Crippen molar-refractivity contribution >= 4 is 27.2 Å². The van der Waals surface area contributed by atoms with Gasteiger partial charge in [0.1, 0.15) is 0 Å². The molecule has 1 radical (unpaired) electrons. The first kappa shape index (κ1) is 33.6. The zero-order valence-electron chi connectivity index (χ0n) is 25.4. The maximum atomic E-state index is 10.0. The van der Waals surface area contributed by atoms with Crippen LogP contribution in [-0.2, 0) is 30.3 Å². The molecule has 0 spiro atoms. The summed E-state index contributed by atoms with van der Waals surface area (Å²) in [7, 11) is 0. The van der Waals surface area contributed by atoms with E-state index < -0.39 is 0 Å². The Bertz CT molecular complexity index is 1480. The van der Waals surface area contributed by atoms with Crippen LogP contribution in [0.25, 0.3) is 31.8 Å². The van der Waals surface area contributed by atoms with E-state index in [1.165, 1.54) is 57.1 Å². The Morgan fingerprint density at radius 2 is 1.55 bits per heavy atom. The molecule has 0 saturated carbocycles. The molecule has 0 atom stereocenters. The topological polar surface area (TPSA) is 50.2 Å². The van der Waals surface area contributed by atoms with Gasteiger partial charge in [-0.3, -0.25) is 4.79 Å². The smallest absolute Gasteiger partial charge is 0.155 e. The van der Waals surface area contributed by atoms with Gasteiger partial charge < -0.3 is 10.1 Å². The summed E-state index contributed by atoms with van der Waals surface area (Å²) in [6.45, 7) is 20.8. The summed E-state index contributed by atoms with van der Waals surface area (Å²) in [6.07, 6.45) is 3.20. The second-order valence-electron chi connectivity index (χ2n) is 12.0. The van der Waals surface area contributed by atoms with Crippen molar-refractivity contribution in [2.75, 3.05) is 0 Å². The number of allylic oxidation sites excluding steroid dienone is 2. The number of rotatable bonds is 5. The van der Waals surface area contributed by atoms with Crippen LogP contribution in [0.1, 0.15) is 96.4 Å². The van der Waals surface area contributed by atoms with E-state index in [9.17, 15) is 4.79 Å². The monoisotopic (exact) mass is 733 g/mol. The van der Waals surface area contributed by atoms with Crippen LogP contribution in [0.15, 0.2) is 60.5 Å². The molecule has 0 amide bonds. The quantitative estimate of drug-likeness (QED) is 0.126. The Morgan fingerprint density at radius 3 is 2.02 bits per heavy atom. The van der Waals surface area contributed by atoms with E-state index in [1.807, 2.05) is 17.5 Å². The molecule has 0 aliphatic rings. The maximum Gasteiger partial charge on any atom is 0.155 e. The number of aliphatic hydroxyl groups excluding tert-OH is 1. The van der Waals surface area contributed by atoms with Crippen molar-refractivity contribution in [1.29, 1.82) is 0 Å². The van der Waals surface area contributed by atoms with E-state index in [-0.39, 0.29) is 37.1 Å². The third kappa shape index (κ3) is 8.96. The number of carbonyl (C=O) groups excluding carboxylic acids is 1. The molecule has 5 heteroatoms. The molecule has 2 aromatic carbocycles. The molecule has 0 fully saturated rings. The van der Waals surface area contributed by atoms with Crippen LogP contribution in [0.3, 0.4) is 0 Å². The maximum absolute atomic E-state index is 10.0. The summed E-state index contributed by atoms with van der Waals surface area (Å²) in [5, 5.41) is 9.62. The first-order chi connectivity index (χ1) is 18.1. The molecule has 0 bridgehead atoms. The van der Waals surface area contributed by atoms with Gasteiger partial charge in [0.25, 0.3) is 0 Å². The molecule has 0 aliphatic heterocycles. The third-order valence-electron chi connectivity index (χ3n) is 6.56. The summed E-state index contributed by atoms with van der Waals surface area (Å²) >= 11 is 1.83. The SMILES string of the molecule is CC(=O)/C=C(/C)O.Cc1[c-]c(-c2cc3cc(-c4cc(C(C)C)cc(C(C)C)c4)sc3cn2)cc(C(C)(C)C)c1.[Ir]. The summed E-state index contributed by atoms with van der Waals surface area (Å²) in [5.74, 6) is 0.973. The first-order valence-electron chi connectivity index (χ1n) is 13.6. The van der Waals surface area contributed by atoms with E-state index in [4.69, 9.17) is 10.1 Å². The van der Waals surface area contributed by atoms with Crippen LogP contribution in [0.5, 0.6) is 0 Å². The average Bonchev–Trinajstić information content (AvgIpc) is 3.26. The van der Waals surface area contributed by atoms with E-state index in [2.05, 4.69) is 104 Å². The minimum atomic E-state index is -0.125. The fraction of sp³-hybridized carbons (Fsp3) is 0.371. The van der Waals surface area contributed by atoms with Crippen molar-refractivity contribution in [2.24, 2.45) is 0 Å². The molecule has 0 saturated heterocycles. The molecule has 1 N–H and O–H groups in total. The van der Waals surface area contributed by atoms with E-state index in [0.717, 1.165) is 16.8 Å². The van der Waals surface area contributed by atoms with Crippen molar-refractivity contribution in [3.8, 4) is 21.7 Å². The first-order valence-corrected chi connectivity index (χ1v) is 14.4. The van der Waals surface area contributed by atoms with E-state index in [0.29, 0.717) is 11.8 Å². The van der Waals surface area contributed by atoms with Gasteiger partial charge >= 0.3 is 0 Å². The molecular formula is C35H42IrNO2S-. The Morgan fingerprint density at radius 1 is 0.950 bits per heavy atom. The van der Waals surface area contributed by atoms with Gasteiger partial charge in [-0.2, -0.15) is 0 Å². The van der Waals surface area contributed by atoms with Crippen molar-refractivity contribution < 1.29 is 30.0 Å².